The number of anilines is 2. The molecule has 0 atom stereocenters. The molecule has 1 aromatic carbocycles. The number of hydrogen-bond acceptors (Lipinski definition) is 4. The number of para-hydroxylation sites is 1. The number of pyridine rings is 1. The van der Waals surface area contributed by atoms with Crippen LogP contribution in [0.2, 0.25) is 5.15 Å². The number of nitrogen functional groups attached to an aromatic ring is 1. The number of carbonyl (C=O) groups is 1. The van der Waals surface area contributed by atoms with Crippen LogP contribution in [0, 0.1) is 6.92 Å². The van der Waals surface area contributed by atoms with Gasteiger partial charge in [0.05, 0.1) is 23.5 Å². The first kappa shape index (κ1) is 15.1. The van der Waals surface area contributed by atoms with E-state index in [0.29, 0.717) is 29.3 Å². The van der Waals surface area contributed by atoms with Crippen molar-refractivity contribution < 1.29 is 9.53 Å². The van der Waals surface area contributed by atoms with Crippen molar-refractivity contribution in [1.29, 1.82) is 0 Å². The third-order valence-electron chi connectivity index (χ3n) is 2.93. The Bertz CT molecular complexity index is 654. The van der Waals surface area contributed by atoms with Crippen LogP contribution in [-0.4, -0.2) is 17.5 Å². The molecule has 0 aliphatic rings. The van der Waals surface area contributed by atoms with Gasteiger partial charge in [-0.15, -0.1) is 0 Å². The van der Waals surface area contributed by atoms with Gasteiger partial charge in [0.1, 0.15) is 0 Å². The van der Waals surface area contributed by atoms with Crippen molar-refractivity contribution in [3.8, 4) is 5.75 Å². The third-order valence-corrected chi connectivity index (χ3v) is 3.22. The third kappa shape index (κ3) is 3.25. The zero-order chi connectivity index (χ0) is 15.4. The standard InChI is InChI=1S/C15H16ClN3O2/c1-3-21-13-10(5-4-6-11(13)17)15(20)19-12-9(2)7-8-18-14(12)16/h4-8H,3,17H2,1-2H3,(H,19,20). The number of aromatic nitrogens is 1. The molecule has 5 nitrogen and oxygen atoms in total. The summed E-state index contributed by atoms with van der Waals surface area (Å²) in [6, 6.07) is 6.80. The van der Waals surface area contributed by atoms with E-state index in [1.807, 2.05) is 13.8 Å². The molecular weight excluding hydrogens is 290 g/mol. The van der Waals surface area contributed by atoms with E-state index in [9.17, 15) is 4.79 Å². The summed E-state index contributed by atoms with van der Waals surface area (Å²) < 4.78 is 5.45. The number of aryl methyl sites for hydroxylation is 1. The van der Waals surface area contributed by atoms with Gasteiger partial charge >= 0.3 is 0 Å². The Balaban J connectivity index is 2.35. The molecule has 0 aliphatic carbocycles. The van der Waals surface area contributed by atoms with Gasteiger partial charge in [0, 0.05) is 6.20 Å². The highest BCUT2D eigenvalue weighted by molar-refractivity contribution is 6.33. The van der Waals surface area contributed by atoms with E-state index in [0.717, 1.165) is 5.56 Å². The van der Waals surface area contributed by atoms with Crippen LogP contribution in [0.15, 0.2) is 30.5 Å². The van der Waals surface area contributed by atoms with Crippen LogP contribution in [0.1, 0.15) is 22.8 Å². The number of ether oxygens (including phenoxy) is 1. The molecule has 0 fully saturated rings. The summed E-state index contributed by atoms with van der Waals surface area (Å²) in [5, 5.41) is 2.99. The average Bonchev–Trinajstić information content (AvgIpc) is 2.45. The number of nitrogens with two attached hydrogens (primary N) is 1. The first-order chi connectivity index (χ1) is 10.0. The number of nitrogens with one attached hydrogen (secondary N) is 1. The zero-order valence-electron chi connectivity index (χ0n) is 11.8. The molecule has 0 saturated heterocycles. The maximum absolute atomic E-state index is 12.4. The van der Waals surface area contributed by atoms with Crippen LogP contribution in [-0.2, 0) is 0 Å². The summed E-state index contributed by atoms with van der Waals surface area (Å²) in [4.78, 5) is 16.4. The minimum atomic E-state index is -0.344. The quantitative estimate of drug-likeness (QED) is 0.671. The van der Waals surface area contributed by atoms with Gasteiger partial charge in [0.2, 0.25) is 0 Å². The van der Waals surface area contributed by atoms with Crippen molar-refractivity contribution in [1.82, 2.24) is 4.98 Å². The monoisotopic (exact) mass is 305 g/mol. The molecule has 0 aliphatic heterocycles. The van der Waals surface area contributed by atoms with Gasteiger partial charge in [-0.3, -0.25) is 4.79 Å². The molecule has 0 radical (unpaired) electrons. The van der Waals surface area contributed by atoms with Crippen LogP contribution < -0.4 is 15.8 Å². The molecule has 2 aromatic rings. The summed E-state index contributed by atoms with van der Waals surface area (Å²) in [5.74, 6) is 0.0268. The van der Waals surface area contributed by atoms with Crippen molar-refractivity contribution in [2.75, 3.05) is 17.7 Å². The molecule has 1 amide bonds. The number of benzene rings is 1. The predicted molar refractivity (Wildman–Crippen MR) is 84.0 cm³/mol. The largest absolute Gasteiger partial charge is 0.491 e. The number of carbonyl (C=O) groups excluding carboxylic acids is 1. The lowest BCUT2D eigenvalue weighted by atomic mass is 10.1. The molecular formula is C15H16ClN3O2. The Morgan fingerprint density at radius 1 is 1.43 bits per heavy atom. The average molecular weight is 306 g/mol. The summed E-state index contributed by atoms with van der Waals surface area (Å²) in [6.45, 7) is 4.09. The van der Waals surface area contributed by atoms with Crippen LogP contribution in [0.4, 0.5) is 11.4 Å². The van der Waals surface area contributed by atoms with Gasteiger partial charge in [0.25, 0.3) is 5.91 Å². The van der Waals surface area contributed by atoms with Crippen LogP contribution in [0.3, 0.4) is 0 Å². The van der Waals surface area contributed by atoms with Crippen LogP contribution in [0.25, 0.3) is 0 Å². The maximum atomic E-state index is 12.4. The fourth-order valence-electron chi connectivity index (χ4n) is 1.90. The Morgan fingerprint density at radius 2 is 2.19 bits per heavy atom. The molecule has 110 valence electrons. The maximum Gasteiger partial charge on any atom is 0.259 e. The molecule has 1 aromatic heterocycles. The molecule has 0 saturated carbocycles. The van der Waals surface area contributed by atoms with Gasteiger partial charge < -0.3 is 15.8 Å². The number of rotatable bonds is 4. The van der Waals surface area contributed by atoms with E-state index < -0.39 is 0 Å². The number of hydrogen-bond donors (Lipinski definition) is 2. The zero-order valence-corrected chi connectivity index (χ0v) is 12.6. The smallest absolute Gasteiger partial charge is 0.259 e. The molecule has 1 heterocycles. The van der Waals surface area contributed by atoms with Crippen LogP contribution in [0.5, 0.6) is 5.75 Å². The summed E-state index contributed by atoms with van der Waals surface area (Å²) >= 11 is 6.01. The second kappa shape index (κ2) is 6.45. The first-order valence-corrected chi connectivity index (χ1v) is 6.86. The number of nitrogens with zero attached hydrogens (tertiary/aromatic N) is 1. The normalized spacial score (nSPS) is 10.2. The van der Waals surface area contributed by atoms with Crippen molar-refractivity contribution in [2.45, 2.75) is 13.8 Å². The van der Waals surface area contributed by atoms with Crippen molar-refractivity contribution >= 4 is 28.9 Å². The van der Waals surface area contributed by atoms with E-state index >= 15 is 0 Å². The lowest BCUT2D eigenvalue weighted by Gasteiger charge is -2.14. The van der Waals surface area contributed by atoms with Crippen LogP contribution >= 0.6 is 11.6 Å². The lowest BCUT2D eigenvalue weighted by Crippen LogP contribution is -2.16. The topological polar surface area (TPSA) is 77.2 Å². The van der Waals surface area contributed by atoms with Gasteiger partial charge in [-0.25, -0.2) is 4.98 Å². The Labute approximate surface area is 128 Å². The molecule has 6 heteroatoms. The highest BCUT2D eigenvalue weighted by atomic mass is 35.5. The highest BCUT2D eigenvalue weighted by Gasteiger charge is 2.17. The van der Waals surface area contributed by atoms with E-state index in [1.165, 1.54) is 0 Å². The molecule has 0 bridgehead atoms. The highest BCUT2D eigenvalue weighted by Crippen LogP contribution is 2.29. The number of halogens is 1. The Hall–Kier alpha value is -2.27. The van der Waals surface area contributed by atoms with Crippen molar-refractivity contribution in [3.63, 3.8) is 0 Å². The van der Waals surface area contributed by atoms with E-state index in [2.05, 4.69) is 10.3 Å². The SMILES string of the molecule is CCOc1c(N)cccc1C(=O)Nc1c(C)ccnc1Cl. The summed E-state index contributed by atoms with van der Waals surface area (Å²) in [5.41, 5.74) is 7.93. The minimum Gasteiger partial charge on any atom is -0.491 e. The fourth-order valence-corrected chi connectivity index (χ4v) is 2.15. The summed E-state index contributed by atoms with van der Waals surface area (Å²) in [6.07, 6.45) is 1.58. The second-order valence-corrected chi connectivity index (χ2v) is 4.76. The van der Waals surface area contributed by atoms with Gasteiger partial charge in [-0.05, 0) is 37.6 Å². The predicted octanol–water partition coefficient (Wildman–Crippen LogP) is 3.28. The minimum absolute atomic E-state index is 0.241. The molecule has 0 unspecified atom stereocenters. The molecule has 21 heavy (non-hydrogen) atoms. The second-order valence-electron chi connectivity index (χ2n) is 4.40. The van der Waals surface area contributed by atoms with E-state index in [1.54, 1.807) is 30.5 Å². The first-order valence-electron chi connectivity index (χ1n) is 6.48. The van der Waals surface area contributed by atoms with Gasteiger partial charge in [-0.1, -0.05) is 17.7 Å². The Kier molecular flexibility index (Phi) is 4.65. The van der Waals surface area contributed by atoms with Crippen molar-refractivity contribution in [2.24, 2.45) is 0 Å². The van der Waals surface area contributed by atoms with Gasteiger partial charge in [-0.2, -0.15) is 0 Å². The van der Waals surface area contributed by atoms with E-state index in [4.69, 9.17) is 22.1 Å². The lowest BCUT2D eigenvalue weighted by molar-refractivity contribution is 0.102. The van der Waals surface area contributed by atoms with Crippen molar-refractivity contribution in [3.05, 3.63) is 46.7 Å². The summed E-state index contributed by atoms with van der Waals surface area (Å²) in [7, 11) is 0. The molecule has 2 rings (SSSR count). The number of amides is 1. The molecule has 3 N–H and O–H groups in total. The van der Waals surface area contributed by atoms with Gasteiger partial charge in [0.15, 0.2) is 10.9 Å². The fraction of sp³-hybridized carbons (Fsp3) is 0.200. The molecule has 0 spiro atoms. The van der Waals surface area contributed by atoms with E-state index in [-0.39, 0.29) is 11.1 Å². The Morgan fingerprint density at radius 3 is 2.86 bits per heavy atom.